The van der Waals surface area contributed by atoms with E-state index in [4.69, 9.17) is 35.8 Å². The van der Waals surface area contributed by atoms with Crippen LogP contribution in [-0.2, 0) is 28.7 Å². The Morgan fingerprint density at radius 3 is 1.65 bits per heavy atom. The van der Waals surface area contributed by atoms with Gasteiger partial charge in [0.2, 0.25) is 0 Å². The molecule has 22 nitrogen and oxygen atoms in total. The summed E-state index contributed by atoms with van der Waals surface area (Å²) in [6.07, 6.45) is 7.87. The SMILES string of the molecule is CCOC(=O)C1=C(CN2CCN3C(=O)N(c4ccc(N5CCC(C(C)=O)CC5)cc4)C[C@@H]3C2)NC(c2nccs2)=N[C@H]1c1ccc(F)cc1Br.COC(=O)C1=C(CN2CCN3C(=O)N(c4cc(F)cc(OC5CCC(C(C)=O)CC5)c4)C[C@@H]3C2)NC(c2nccs2)=N[C@H]1c1ccc(F)cc1Cl. The lowest BCUT2D eigenvalue weighted by Gasteiger charge is -2.38. The van der Waals surface area contributed by atoms with Gasteiger partial charge in [0.05, 0.1) is 48.7 Å². The number of piperazine rings is 2. The van der Waals surface area contributed by atoms with Crippen molar-refractivity contribution >= 4 is 115 Å². The first-order valence-electron chi connectivity index (χ1n) is 33.8. The Kier molecular flexibility index (Phi) is 21.7. The Morgan fingerprint density at radius 2 is 1.13 bits per heavy atom. The van der Waals surface area contributed by atoms with Gasteiger partial charge in [-0.15, -0.1) is 22.7 Å². The maximum absolute atomic E-state index is 14.9. The van der Waals surface area contributed by atoms with Crippen molar-refractivity contribution in [3.05, 3.63) is 173 Å². The number of anilines is 3. The van der Waals surface area contributed by atoms with Crippen LogP contribution in [0, 0.1) is 29.3 Å². The number of thiazole rings is 2. The number of urea groups is 2. The summed E-state index contributed by atoms with van der Waals surface area (Å²) in [7, 11) is 1.29. The first kappa shape index (κ1) is 70.9. The number of hydrogen-bond acceptors (Lipinski definition) is 20. The molecule has 530 valence electrons. The van der Waals surface area contributed by atoms with Crippen LogP contribution in [0.2, 0.25) is 5.02 Å². The zero-order chi connectivity index (χ0) is 70.8. The van der Waals surface area contributed by atoms with Crippen molar-refractivity contribution < 1.29 is 56.1 Å². The molecule has 6 fully saturated rings. The fourth-order valence-electron chi connectivity index (χ4n) is 14.7. The predicted molar refractivity (Wildman–Crippen MR) is 382 cm³/mol. The molecule has 5 saturated heterocycles. The highest BCUT2D eigenvalue weighted by Gasteiger charge is 2.45. The molecular formula is C72H76BrClF3N13O9S2. The number of aliphatic imine (C=N–C) groups is 2. The van der Waals surface area contributed by atoms with E-state index in [9.17, 15) is 41.9 Å². The monoisotopic (exact) mass is 1500 g/mol. The Labute approximate surface area is 604 Å². The van der Waals surface area contributed by atoms with Gasteiger partial charge in [-0.25, -0.2) is 42.3 Å². The lowest BCUT2D eigenvalue weighted by molar-refractivity contribution is -0.139. The normalized spacial score (nSPS) is 22.8. The second-order valence-electron chi connectivity index (χ2n) is 26.2. The number of esters is 2. The van der Waals surface area contributed by atoms with Crippen LogP contribution in [0.5, 0.6) is 5.75 Å². The summed E-state index contributed by atoms with van der Waals surface area (Å²) in [5.41, 5.74) is 5.22. The average Bonchev–Trinajstić information content (AvgIpc) is 1.63. The number of hydrogen-bond donors (Lipinski definition) is 2. The van der Waals surface area contributed by atoms with Crippen molar-refractivity contribution in [2.75, 3.05) is 107 Å². The van der Waals surface area contributed by atoms with E-state index in [1.54, 1.807) is 55.1 Å². The van der Waals surface area contributed by atoms with E-state index in [1.807, 2.05) is 32.7 Å². The molecule has 0 bridgehead atoms. The molecule has 101 heavy (non-hydrogen) atoms. The van der Waals surface area contributed by atoms with Gasteiger partial charge in [0.15, 0.2) is 21.7 Å². The Bertz CT molecular complexity index is 4270. The molecule has 2 aromatic heterocycles. The van der Waals surface area contributed by atoms with Crippen molar-refractivity contribution in [1.82, 2.24) is 40.2 Å². The highest BCUT2D eigenvalue weighted by Crippen LogP contribution is 2.41. The van der Waals surface area contributed by atoms with Crippen molar-refractivity contribution in [3.8, 4) is 5.75 Å². The van der Waals surface area contributed by atoms with Crippen molar-refractivity contribution in [3.63, 3.8) is 0 Å². The molecule has 1 aliphatic carbocycles. The molecule has 4 atom stereocenters. The van der Waals surface area contributed by atoms with Gasteiger partial charge in [0.25, 0.3) is 0 Å². The van der Waals surface area contributed by atoms with Gasteiger partial charge in [0, 0.05) is 163 Å². The van der Waals surface area contributed by atoms with Gasteiger partial charge in [-0.1, -0.05) is 39.7 Å². The molecule has 4 amide bonds. The van der Waals surface area contributed by atoms with Crippen LogP contribution in [0.15, 0.2) is 139 Å². The summed E-state index contributed by atoms with van der Waals surface area (Å²) < 4.78 is 60.5. The number of nitrogens with zero attached hydrogens (tertiary/aromatic N) is 11. The zero-order valence-electron chi connectivity index (χ0n) is 56.1. The van der Waals surface area contributed by atoms with Crippen LogP contribution in [0.25, 0.3) is 0 Å². The number of rotatable bonds is 18. The van der Waals surface area contributed by atoms with E-state index in [0.29, 0.717) is 137 Å². The number of ether oxygens (including phenoxy) is 3. The Hall–Kier alpha value is -8.54. The topological polar surface area (TPSA) is 227 Å². The standard InChI is InChI=1S/C36H39BrFN7O4S.C36H37ClF2N6O5S/c1-3-49-35(47)31-30(40-33(34-39-12-17-50-34)41-32(31)28-9-4-24(38)18-29(28)37)21-42-15-16-44-27(19-42)20-45(36(44)48)26-7-5-25(6-8-26)43-13-10-23(11-14-43)22(2)46;1-20(46)21-3-6-26(7-4-21)50-27-14-23(39)13-24(16-27)45-18-25-17-43(10-11-44(25)36(45)48)19-30-31(35(47)49-2)32(28-8-5-22(38)15-29(28)37)42-33(41-30)34-40-9-12-51-34/h4-9,12,17-18,23,27,32H,3,10-11,13-16,19-21H2,1-2H3,(H,40,41);5,8-9,12-16,21,25-26,32H,3-4,6-7,10-11,17-19H2,1-2H3,(H,41,42)/t27-,32-;21?,25-,26?,32-/m00/s1. The van der Waals surface area contributed by atoms with E-state index in [-0.39, 0.29) is 77.4 Å². The number of carbonyl (C=O) groups is 6. The molecule has 4 aromatic carbocycles. The maximum atomic E-state index is 14.9. The van der Waals surface area contributed by atoms with E-state index in [2.05, 4.69) is 63.4 Å². The summed E-state index contributed by atoms with van der Waals surface area (Å²) in [4.78, 5) is 110. The first-order chi connectivity index (χ1) is 48.8. The van der Waals surface area contributed by atoms with Crippen LogP contribution in [0.4, 0.5) is 39.8 Å². The zero-order valence-corrected chi connectivity index (χ0v) is 60.1. The van der Waals surface area contributed by atoms with Gasteiger partial charge < -0.3 is 39.5 Å². The molecule has 8 aliphatic rings. The highest BCUT2D eigenvalue weighted by molar-refractivity contribution is 9.10. The number of aromatic nitrogens is 2. The van der Waals surface area contributed by atoms with Crippen LogP contribution in [0.3, 0.4) is 0 Å². The summed E-state index contributed by atoms with van der Waals surface area (Å²) in [5.74, 6) is -0.546. The minimum atomic E-state index is -0.890. The predicted octanol–water partition coefficient (Wildman–Crippen LogP) is 11.1. The number of halogens is 5. The largest absolute Gasteiger partial charge is 0.490 e. The van der Waals surface area contributed by atoms with Crippen LogP contribution >= 0.6 is 50.2 Å². The summed E-state index contributed by atoms with van der Waals surface area (Å²) in [5, 5.41) is 11.8. The molecular weight excluding hydrogens is 1430 g/mol. The number of piperidine rings is 1. The third kappa shape index (κ3) is 15.6. The average molecular weight is 1500 g/mol. The third-order valence-electron chi connectivity index (χ3n) is 19.9. The summed E-state index contributed by atoms with van der Waals surface area (Å²) in [6, 6.07) is 18.7. The molecule has 0 spiro atoms. The van der Waals surface area contributed by atoms with Gasteiger partial charge in [-0.3, -0.25) is 39.2 Å². The van der Waals surface area contributed by atoms with E-state index in [1.165, 1.54) is 72.2 Å². The van der Waals surface area contributed by atoms with E-state index >= 15 is 0 Å². The Balaban J connectivity index is 0.000000181. The van der Waals surface area contributed by atoms with Crippen LogP contribution in [-0.4, -0.2) is 187 Å². The third-order valence-corrected chi connectivity index (χ3v) is 22.5. The lowest BCUT2D eigenvalue weighted by atomic mass is 9.85. The van der Waals surface area contributed by atoms with Gasteiger partial charge >= 0.3 is 24.0 Å². The highest BCUT2D eigenvalue weighted by atomic mass is 79.9. The summed E-state index contributed by atoms with van der Waals surface area (Å²) in [6.45, 7) is 11.7. The van der Waals surface area contributed by atoms with Crippen molar-refractivity contribution in [2.45, 2.75) is 89.6 Å². The molecule has 1 saturated carbocycles. The second kappa shape index (κ2) is 31.0. The molecule has 6 aromatic rings. The number of carbonyl (C=O) groups excluding carboxylic acids is 6. The molecule has 9 heterocycles. The molecule has 14 rings (SSSR count). The number of methoxy groups -OCH3 is 1. The minimum Gasteiger partial charge on any atom is -0.490 e. The fraction of sp³-hybridized carbons (Fsp3) is 0.417. The fourth-order valence-corrected chi connectivity index (χ4v) is 16.7. The minimum absolute atomic E-state index is 0.00805. The number of amidine groups is 2. The number of benzene rings is 4. The summed E-state index contributed by atoms with van der Waals surface area (Å²) >= 11 is 12.8. The molecule has 7 aliphatic heterocycles. The number of nitrogens with one attached hydrogen (secondary N) is 2. The van der Waals surface area contributed by atoms with Crippen molar-refractivity contribution in [1.29, 1.82) is 0 Å². The van der Waals surface area contributed by atoms with Crippen LogP contribution in [0.1, 0.15) is 92.5 Å². The number of Topliss-reactive ketones (excluding diaryl/α,β-unsaturated/α-hetero) is 2. The number of amides is 4. The molecule has 0 unspecified atom stereocenters. The van der Waals surface area contributed by atoms with Crippen LogP contribution < -0.4 is 30.1 Å². The van der Waals surface area contributed by atoms with E-state index in [0.717, 1.165) is 50.1 Å². The molecule has 29 heteroatoms. The quantitative estimate of drug-likeness (QED) is 0.0763. The van der Waals surface area contributed by atoms with Crippen molar-refractivity contribution in [2.24, 2.45) is 21.8 Å². The molecule has 0 radical (unpaired) electrons. The molecule has 2 N–H and O–H groups in total. The van der Waals surface area contributed by atoms with E-state index < -0.39 is 41.5 Å². The first-order valence-corrected chi connectivity index (χ1v) is 36.8. The number of ketones is 2. The van der Waals surface area contributed by atoms with Gasteiger partial charge in [-0.2, -0.15) is 0 Å². The smallest absolute Gasteiger partial charge is 0.338 e. The lowest BCUT2D eigenvalue weighted by Crippen LogP contribution is -2.53. The number of fused-ring (bicyclic) bond motifs is 2. The van der Waals surface area contributed by atoms with Gasteiger partial charge in [-0.05, 0) is 119 Å². The second-order valence-corrected chi connectivity index (χ2v) is 29.3. The van der Waals surface area contributed by atoms with Gasteiger partial charge in [0.1, 0.15) is 46.9 Å². The Morgan fingerprint density at radius 1 is 0.604 bits per heavy atom. The maximum Gasteiger partial charge on any atom is 0.338 e.